The van der Waals surface area contributed by atoms with Crippen LogP contribution in [0.1, 0.15) is 58.2 Å². The number of hydrogen-bond acceptors (Lipinski definition) is 7. The Morgan fingerprint density at radius 2 is 1.08 bits per heavy atom. The highest BCUT2D eigenvalue weighted by molar-refractivity contribution is 5.68. The van der Waals surface area contributed by atoms with Crippen molar-refractivity contribution in [3.05, 3.63) is 64.7 Å². The van der Waals surface area contributed by atoms with Crippen LogP contribution < -0.4 is 0 Å². The first kappa shape index (κ1) is 38.1. The molecule has 0 saturated carbocycles. The highest BCUT2D eigenvalue weighted by Gasteiger charge is 2.26. The van der Waals surface area contributed by atoms with Gasteiger partial charge < -0.3 is 24.4 Å². The fraction of sp³-hybridized carbons (Fsp3) is 0.514. The van der Waals surface area contributed by atoms with E-state index in [1.54, 1.807) is 28.9 Å². The maximum absolute atomic E-state index is 13.5. The summed E-state index contributed by atoms with van der Waals surface area (Å²) in [5.74, 6) is 10.7. The molecule has 0 spiro atoms. The minimum atomic E-state index is -0.673. The Morgan fingerprint density at radius 3 is 1.46 bits per heavy atom. The molecule has 260 valence electrons. The smallest absolute Gasteiger partial charge is 0.410 e. The molecule has 11 heteroatoms. The quantitative estimate of drug-likeness (QED) is 0.426. The molecule has 9 nitrogen and oxygen atoms in total. The van der Waals surface area contributed by atoms with Gasteiger partial charge in [-0.2, -0.15) is 0 Å². The van der Waals surface area contributed by atoms with Crippen LogP contribution in [-0.2, 0) is 9.47 Å². The lowest BCUT2D eigenvalue weighted by atomic mass is 10.1. The Labute approximate surface area is 283 Å². The summed E-state index contributed by atoms with van der Waals surface area (Å²) in [5, 5.41) is 9.14. The van der Waals surface area contributed by atoms with Gasteiger partial charge in [-0.3, -0.25) is 9.80 Å². The second kappa shape index (κ2) is 17.2. The third-order valence-electron chi connectivity index (χ3n) is 7.24. The Kier molecular flexibility index (Phi) is 13.7. The van der Waals surface area contributed by atoms with E-state index in [0.29, 0.717) is 56.0 Å². The fourth-order valence-electron chi connectivity index (χ4n) is 4.59. The van der Waals surface area contributed by atoms with Gasteiger partial charge in [0.15, 0.2) is 11.6 Å². The second-order valence-electron chi connectivity index (χ2n) is 13.7. The van der Waals surface area contributed by atoms with Crippen LogP contribution in [0.5, 0.6) is 5.75 Å². The first-order valence-corrected chi connectivity index (χ1v) is 16.1. The van der Waals surface area contributed by atoms with Crippen LogP contribution in [0.2, 0.25) is 0 Å². The van der Waals surface area contributed by atoms with E-state index in [9.17, 15) is 18.4 Å². The van der Waals surface area contributed by atoms with Crippen LogP contribution in [0, 0.1) is 42.2 Å². The monoisotopic (exact) mass is 666 g/mol. The number of aryl methyl sites for hydroxylation is 1. The van der Waals surface area contributed by atoms with Crippen LogP contribution in [-0.4, -0.2) is 114 Å². The summed E-state index contributed by atoms with van der Waals surface area (Å²) in [6.07, 6.45) is -0.545. The summed E-state index contributed by atoms with van der Waals surface area (Å²) in [6.45, 7) is 19.5. The second-order valence-corrected chi connectivity index (χ2v) is 13.7. The average molecular weight is 667 g/mol. The van der Waals surface area contributed by atoms with E-state index >= 15 is 0 Å². The van der Waals surface area contributed by atoms with E-state index in [-0.39, 0.29) is 23.8 Å². The van der Waals surface area contributed by atoms with E-state index in [0.717, 1.165) is 26.2 Å². The molecule has 4 rings (SSSR count). The Morgan fingerprint density at radius 1 is 0.688 bits per heavy atom. The van der Waals surface area contributed by atoms with E-state index in [1.807, 2.05) is 47.6 Å². The molecule has 0 unspecified atom stereocenters. The average Bonchev–Trinajstić information content (AvgIpc) is 3.00. The Hall–Kier alpha value is -4.32. The number of carbonyl (C=O) groups excluding carboxylic acids is 2. The molecule has 48 heavy (non-hydrogen) atoms. The molecule has 0 radical (unpaired) electrons. The third-order valence-corrected chi connectivity index (χ3v) is 7.24. The number of nitrogens with zero attached hydrogens (tertiary/aromatic N) is 4. The van der Waals surface area contributed by atoms with Gasteiger partial charge in [0.05, 0.1) is 13.1 Å². The van der Waals surface area contributed by atoms with Crippen molar-refractivity contribution >= 4 is 12.2 Å². The van der Waals surface area contributed by atoms with Crippen LogP contribution in [0.3, 0.4) is 0 Å². The number of amides is 2. The molecule has 0 aromatic heterocycles. The molecule has 2 aromatic carbocycles. The number of aromatic hydroxyl groups is 1. The molecule has 0 bridgehead atoms. The molecule has 1 N–H and O–H groups in total. The van der Waals surface area contributed by atoms with Gasteiger partial charge in [0.25, 0.3) is 0 Å². The predicted octanol–water partition coefficient (Wildman–Crippen LogP) is 5.47. The summed E-state index contributed by atoms with van der Waals surface area (Å²) in [7, 11) is 0. The Balaban J connectivity index is 0.000000260. The molecule has 2 aromatic rings. The zero-order valence-electron chi connectivity index (χ0n) is 29.2. The van der Waals surface area contributed by atoms with Crippen LogP contribution in [0.15, 0.2) is 36.4 Å². The molecule has 2 aliphatic rings. The summed E-state index contributed by atoms with van der Waals surface area (Å²) >= 11 is 0. The standard InChI is InChI=1S/C19H25FN2O2.C18H23FN2O3/c1-15-7-8-16(14-17(15)20)6-5-9-21-10-12-22(13-11-21)18(23)24-19(2,3)4;1-18(2,3)24-17(23)21-11-9-20(10-12-21)8-4-5-14-6-7-16(22)15(19)13-14/h7-8,14H,9-13H2,1-4H3;6-7,13,22H,8-12H2,1-3H3. The molecule has 0 atom stereocenters. The van der Waals surface area contributed by atoms with Gasteiger partial charge in [-0.05, 0) is 84.4 Å². The summed E-state index contributed by atoms with van der Waals surface area (Å²) in [4.78, 5) is 31.7. The number of carbonyl (C=O) groups is 2. The normalized spacial score (nSPS) is 15.6. The molecule has 0 aliphatic carbocycles. The predicted molar refractivity (Wildman–Crippen MR) is 181 cm³/mol. The van der Waals surface area contributed by atoms with Crippen LogP contribution in [0.4, 0.5) is 18.4 Å². The lowest BCUT2D eigenvalue weighted by Crippen LogP contribution is -2.50. The van der Waals surface area contributed by atoms with Crippen LogP contribution >= 0.6 is 0 Å². The molecule has 2 saturated heterocycles. The van der Waals surface area contributed by atoms with Gasteiger partial charge in [-0.15, -0.1) is 0 Å². The largest absolute Gasteiger partial charge is 0.505 e. The number of piperazine rings is 2. The number of rotatable bonds is 2. The molecule has 2 heterocycles. The van der Waals surface area contributed by atoms with Gasteiger partial charge >= 0.3 is 12.2 Å². The highest BCUT2D eigenvalue weighted by atomic mass is 19.1. The molecular formula is C37H48F2N4O5. The molecule has 2 amide bonds. The third kappa shape index (κ3) is 13.4. The number of phenols is 1. The maximum atomic E-state index is 13.5. The van der Waals surface area contributed by atoms with Crippen molar-refractivity contribution < 1.29 is 33.0 Å². The number of benzene rings is 2. The number of ether oxygens (including phenoxy) is 2. The maximum Gasteiger partial charge on any atom is 0.410 e. The van der Waals surface area contributed by atoms with Gasteiger partial charge in [-0.25, -0.2) is 18.4 Å². The molecule has 2 aliphatic heterocycles. The zero-order chi connectivity index (χ0) is 35.5. The van der Waals surface area contributed by atoms with E-state index < -0.39 is 17.0 Å². The SMILES string of the molecule is CC(C)(C)OC(=O)N1CCN(CC#Cc2ccc(O)c(F)c2)CC1.Cc1ccc(C#CCN2CCN(C(=O)OC(C)(C)C)CC2)cc1F. The number of hydrogen-bond donors (Lipinski definition) is 1. The van der Waals surface area contributed by atoms with Gasteiger partial charge in [0.2, 0.25) is 0 Å². The van der Waals surface area contributed by atoms with Gasteiger partial charge in [-0.1, -0.05) is 29.7 Å². The van der Waals surface area contributed by atoms with Crippen molar-refractivity contribution in [1.29, 1.82) is 0 Å². The molecular weight excluding hydrogens is 618 g/mol. The summed E-state index contributed by atoms with van der Waals surface area (Å²) < 4.78 is 37.4. The fourth-order valence-corrected chi connectivity index (χ4v) is 4.59. The minimum absolute atomic E-state index is 0.229. The number of halogens is 2. The topological polar surface area (TPSA) is 85.8 Å². The lowest BCUT2D eigenvalue weighted by molar-refractivity contribution is 0.0146. The zero-order valence-corrected chi connectivity index (χ0v) is 29.2. The van der Waals surface area contributed by atoms with Gasteiger partial charge in [0, 0.05) is 63.5 Å². The first-order valence-electron chi connectivity index (χ1n) is 16.1. The van der Waals surface area contributed by atoms with Crippen molar-refractivity contribution in [1.82, 2.24) is 19.6 Å². The van der Waals surface area contributed by atoms with Crippen LogP contribution in [0.25, 0.3) is 0 Å². The highest BCUT2D eigenvalue weighted by Crippen LogP contribution is 2.16. The van der Waals surface area contributed by atoms with E-state index in [2.05, 4.69) is 33.5 Å². The van der Waals surface area contributed by atoms with E-state index in [4.69, 9.17) is 14.6 Å². The minimum Gasteiger partial charge on any atom is -0.505 e. The summed E-state index contributed by atoms with van der Waals surface area (Å²) in [5.41, 5.74) is 0.879. The van der Waals surface area contributed by atoms with E-state index in [1.165, 1.54) is 18.2 Å². The van der Waals surface area contributed by atoms with Gasteiger partial charge in [0.1, 0.15) is 17.0 Å². The van der Waals surface area contributed by atoms with Crippen molar-refractivity contribution in [2.24, 2.45) is 0 Å². The number of phenolic OH excluding ortho intramolecular Hbond substituents is 1. The van der Waals surface area contributed by atoms with Crippen molar-refractivity contribution in [3.8, 4) is 29.4 Å². The Bertz CT molecular complexity index is 1410. The lowest BCUT2D eigenvalue weighted by Gasteiger charge is -2.34. The summed E-state index contributed by atoms with van der Waals surface area (Å²) in [6, 6.07) is 9.10. The van der Waals surface area contributed by atoms with Crippen molar-refractivity contribution in [3.63, 3.8) is 0 Å². The van der Waals surface area contributed by atoms with Crippen molar-refractivity contribution in [2.45, 2.75) is 59.7 Å². The van der Waals surface area contributed by atoms with Crippen molar-refractivity contribution in [2.75, 3.05) is 65.4 Å². The molecule has 2 fully saturated rings. The first-order chi connectivity index (χ1) is 22.5.